The summed E-state index contributed by atoms with van der Waals surface area (Å²) in [6.45, 7) is 2.99. The lowest BCUT2D eigenvalue weighted by molar-refractivity contribution is 0.639. The van der Waals surface area contributed by atoms with Crippen LogP contribution in [-0.2, 0) is 0 Å². The van der Waals surface area contributed by atoms with Gasteiger partial charge in [-0.2, -0.15) is 0 Å². The normalized spacial score (nSPS) is 12.9. The molecule has 0 saturated heterocycles. The summed E-state index contributed by atoms with van der Waals surface area (Å²) in [5, 5.41) is 8.41. The Hall–Kier alpha value is -0.940. The lowest BCUT2D eigenvalue weighted by Gasteiger charge is -2.17. The molecule has 3 heterocycles. The van der Waals surface area contributed by atoms with Gasteiger partial charge in [0.15, 0.2) is 0 Å². The van der Waals surface area contributed by atoms with Crippen molar-refractivity contribution in [3.05, 3.63) is 50.6 Å². The van der Waals surface area contributed by atoms with Crippen LogP contribution in [0.15, 0.2) is 35.2 Å². The number of hydrogen-bond donors (Lipinski definition) is 1. The summed E-state index contributed by atoms with van der Waals surface area (Å²) >= 11 is 9.67. The van der Waals surface area contributed by atoms with E-state index in [1.165, 1.54) is 10.3 Å². The number of rotatable bonds is 4. The third-order valence-corrected chi connectivity index (χ3v) is 5.25. The fraction of sp³-hybridized carbons (Fsp3) is 0.214. The Labute approximate surface area is 125 Å². The molecule has 3 aromatic rings. The molecule has 98 valence electrons. The molecule has 3 rings (SSSR count). The van der Waals surface area contributed by atoms with E-state index >= 15 is 0 Å². The van der Waals surface area contributed by atoms with E-state index in [2.05, 4.69) is 28.7 Å². The molecule has 0 aromatic carbocycles. The van der Waals surface area contributed by atoms with Gasteiger partial charge in [0, 0.05) is 11.1 Å². The van der Waals surface area contributed by atoms with Crippen LogP contribution in [0, 0.1) is 0 Å². The van der Waals surface area contributed by atoms with Crippen LogP contribution in [0.25, 0.3) is 10.2 Å². The molecular formula is C14H13ClN2S2. The third-order valence-electron chi connectivity index (χ3n) is 2.97. The standard InChI is InChI=1S/C14H13ClN2S2/c1-2-16-13(14-10(15)3-5-19-14)9-7-12-11(17-8-9)4-6-18-12/h3-8,13,16H,2H2,1H3. The van der Waals surface area contributed by atoms with Gasteiger partial charge in [-0.1, -0.05) is 18.5 Å². The maximum Gasteiger partial charge on any atom is 0.0809 e. The zero-order valence-electron chi connectivity index (χ0n) is 10.4. The Kier molecular flexibility index (Phi) is 3.84. The molecule has 2 nitrogen and oxygen atoms in total. The van der Waals surface area contributed by atoms with Crippen molar-refractivity contribution < 1.29 is 0 Å². The molecule has 0 fully saturated rings. The molecule has 0 spiro atoms. The fourth-order valence-corrected chi connectivity index (χ4v) is 4.15. The Balaban J connectivity index is 2.06. The number of aromatic nitrogens is 1. The lowest BCUT2D eigenvalue weighted by atomic mass is 10.1. The van der Waals surface area contributed by atoms with Crippen molar-refractivity contribution in [1.29, 1.82) is 0 Å². The van der Waals surface area contributed by atoms with E-state index in [1.807, 2.05) is 23.7 Å². The van der Waals surface area contributed by atoms with Gasteiger partial charge in [-0.15, -0.1) is 22.7 Å². The highest BCUT2D eigenvalue weighted by molar-refractivity contribution is 7.17. The zero-order chi connectivity index (χ0) is 13.2. The van der Waals surface area contributed by atoms with Crippen LogP contribution in [0.2, 0.25) is 5.02 Å². The molecule has 0 aliphatic carbocycles. The van der Waals surface area contributed by atoms with Crippen molar-refractivity contribution in [2.45, 2.75) is 13.0 Å². The second kappa shape index (κ2) is 5.59. The van der Waals surface area contributed by atoms with Gasteiger partial charge in [0.25, 0.3) is 0 Å². The summed E-state index contributed by atoms with van der Waals surface area (Å²) in [7, 11) is 0. The number of nitrogens with one attached hydrogen (secondary N) is 1. The van der Waals surface area contributed by atoms with Gasteiger partial charge in [-0.25, -0.2) is 0 Å². The molecule has 1 unspecified atom stereocenters. The molecule has 0 amide bonds. The van der Waals surface area contributed by atoms with E-state index in [0.29, 0.717) is 0 Å². The first-order valence-electron chi connectivity index (χ1n) is 6.09. The average molecular weight is 309 g/mol. The van der Waals surface area contributed by atoms with E-state index in [9.17, 15) is 0 Å². The number of hydrogen-bond acceptors (Lipinski definition) is 4. The Morgan fingerprint density at radius 1 is 1.32 bits per heavy atom. The van der Waals surface area contributed by atoms with Gasteiger partial charge in [0.05, 0.1) is 21.3 Å². The van der Waals surface area contributed by atoms with Crippen LogP contribution in [0.5, 0.6) is 0 Å². The average Bonchev–Trinajstić information content (AvgIpc) is 3.03. The number of nitrogens with zero attached hydrogens (tertiary/aromatic N) is 1. The quantitative estimate of drug-likeness (QED) is 0.755. The highest BCUT2D eigenvalue weighted by Crippen LogP contribution is 2.34. The minimum Gasteiger partial charge on any atom is -0.306 e. The van der Waals surface area contributed by atoms with Crippen molar-refractivity contribution >= 4 is 44.5 Å². The van der Waals surface area contributed by atoms with Crippen molar-refractivity contribution in [1.82, 2.24) is 10.3 Å². The van der Waals surface area contributed by atoms with Gasteiger partial charge in [-0.05, 0) is 41.1 Å². The number of halogens is 1. The summed E-state index contributed by atoms with van der Waals surface area (Å²) in [5.41, 5.74) is 2.22. The summed E-state index contributed by atoms with van der Waals surface area (Å²) in [5.74, 6) is 0. The summed E-state index contributed by atoms with van der Waals surface area (Å²) in [6.07, 6.45) is 1.94. The van der Waals surface area contributed by atoms with E-state index < -0.39 is 0 Å². The molecule has 5 heteroatoms. The number of fused-ring (bicyclic) bond motifs is 1. The molecular weight excluding hydrogens is 296 g/mol. The van der Waals surface area contributed by atoms with Crippen molar-refractivity contribution in [2.75, 3.05) is 6.54 Å². The minimum atomic E-state index is 0.122. The van der Waals surface area contributed by atoms with Crippen LogP contribution in [-0.4, -0.2) is 11.5 Å². The summed E-state index contributed by atoms with van der Waals surface area (Å²) < 4.78 is 1.22. The lowest BCUT2D eigenvalue weighted by Crippen LogP contribution is -2.21. The molecule has 19 heavy (non-hydrogen) atoms. The first-order chi connectivity index (χ1) is 9.29. The second-order valence-corrected chi connectivity index (χ2v) is 6.50. The summed E-state index contributed by atoms with van der Waals surface area (Å²) in [6, 6.07) is 6.32. The highest BCUT2D eigenvalue weighted by Gasteiger charge is 2.18. The smallest absolute Gasteiger partial charge is 0.0809 e. The van der Waals surface area contributed by atoms with E-state index in [0.717, 1.165) is 22.0 Å². The fourth-order valence-electron chi connectivity index (χ4n) is 2.10. The molecule has 0 bridgehead atoms. The van der Waals surface area contributed by atoms with Crippen LogP contribution < -0.4 is 5.32 Å². The van der Waals surface area contributed by atoms with E-state index in [-0.39, 0.29) is 6.04 Å². The molecule has 1 N–H and O–H groups in total. The first kappa shape index (κ1) is 13.1. The number of thiophene rings is 2. The van der Waals surface area contributed by atoms with Gasteiger partial charge >= 0.3 is 0 Å². The molecule has 0 aliphatic heterocycles. The van der Waals surface area contributed by atoms with Crippen LogP contribution in [0.3, 0.4) is 0 Å². The van der Waals surface area contributed by atoms with Gasteiger partial charge in [0.2, 0.25) is 0 Å². The van der Waals surface area contributed by atoms with E-state index in [1.54, 1.807) is 22.7 Å². The minimum absolute atomic E-state index is 0.122. The van der Waals surface area contributed by atoms with E-state index in [4.69, 9.17) is 11.6 Å². The van der Waals surface area contributed by atoms with Crippen LogP contribution in [0.1, 0.15) is 23.4 Å². The second-order valence-electron chi connectivity index (χ2n) is 4.20. The summed E-state index contributed by atoms with van der Waals surface area (Å²) in [4.78, 5) is 5.67. The Morgan fingerprint density at radius 2 is 2.16 bits per heavy atom. The topological polar surface area (TPSA) is 24.9 Å². The first-order valence-corrected chi connectivity index (χ1v) is 8.22. The number of pyridine rings is 1. The third kappa shape index (κ3) is 2.54. The molecule has 1 atom stereocenters. The van der Waals surface area contributed by atoms with Gasteiger partial charge in [-0.3, -0.25) is 4.98 Å². The maximum atomic E-state index is 6.27. The SMILES string of the molecule is CCNC(c1cnc2ccsc2c1)c1sccc1Cl. The van der Waals surface area contributed by atoms with Crippen molar-refractivity contribution in [2.24, 2.45) is 0 Å². The van der Waals surface area contributed by atoms with Gasteiger partial charge in [0.1, 0.15) is 0 Å². The van der Waals surface area contributed by atoms with Gasteiger partial charge < -0.3 is 5.32 Å². The maximum absolute atomic E-state index is 6.27. The highest BCUT2D eigenvalue weighted by atomic mass is 35.5. The molecule has 0 saturated carbocycles. The zero-order valence-corrected chi connectivity index (χ0v) is 12.8. The molecule has 0 aliphatic rings. The Morgan fingerprint density at radius 3 is 2.89 bits per heavy atom. The molecule has 0 radical (unpaired) electrons. The van der Waals surface area contributed by atoms with Crippen LogP contribution >= 0.6 is 34.3 Å². The molecule has 3 aromatic heterocycles. The predicted molar refractivity (Wildman–Crippen MR) is 84.5 cm³/mol. The largest absolute Gasteiger partial charge is 0.306 e. The Bertz CT molecular complexity index is 689. The van der Waals surface area contributed by atoms with Crippen LogP contribution in [0.4, 0.5) is 0 Å². The van der Waals surface area contributed by atoms with Crippen molar-refractivity contribution in [3.63, 3.8) is 0 Å². The van der Waals surface area contributed by atoms with Crippen molar-refractivity contribution in [3.8, 4) is 0 Å². The monoisotopic (exact) mass is 308 g/mol. The predicted octanol–water partition coefficient (Wildman–Crippen LogP) is 4.71.